The molecule has 0 amide bonds. The Morgan fingerprint density at radius 1 is 0.222 bits per heavy atom. The first-order chi connectivity index (χ1) is 12.0. The van der Waals surface area contributed by atoms with Crippen molar-refractivity contribution in [1.29, 1.82) is 63.1 Å². The van der Waals surface area contributed by atoms with Crippen LogP contribution in [0.1, 0.15) is 1.43 Å². The third kappa shape index (κ3) is 803. The molecular formula is C12H13Fe2KN12. The molecular weight excluding hydrogens is 463 g/mol. The van der Waals surface area contributed by atoms with Crippen LogP contribution in [0.25, 0.3) is 0 Å². The van der Waals surface area contributed by atoms with Crippen LogP contribution in [0.5, 0.6) is 0 Å². The van der Waals surface area contributed by atoms with Crippen molar-refractivity contribution < 1.29 is 86.9 Å². The van der Waals surface area contributed by atoms with Crippen LogP contribution in [0.3, 0.4) is 0 Å². The van der Waals surface area contributed by atoms with Crippen molar-refractivity contribution in [2.75, 3.05) is 0 Å². The van der Waals surface area contributed by atoms with E-state index in [9.17, 15) is 0 Å². The fourth-order valence-electron chi connectivity index (χ4n) is 0. The van der Waals surface area contributed by atoms with Gasteiger partial charge in [-0.25, -0.2) is 63.1 Å². The minimum Gasteiger partial charge on any atom is -1.00 e. The van der Waals surface area contributed by atoms with Gasteiger partial charge in [0.05, 0.1) is 0 Å². The molecule has 0 atom stereocenters. The van der Waals surface area contributed by atoms with E-state index in [1.807, 2.05) is 0 Å². The molecule has 0 saturated carbocycles. The Labute approximate surface area is 226 Å². The first-order valence-electron chi connectivity index (χ1n) is 3.10. The maximum Gasteiger partial charge on any atom is 1.00 e. The van der Waals surface area contributed by atoms with E-state index >= 15 is 0 Å². The molecule has 0 aliphatic heterocycles. The van der Waals surface area contributed by atoms with Crippen molar-refractivity contribution in [2.45, 2.75) is 0 Å². The summed E-state index contributed by atoms with van der Waals surface area (Å²) in [6, 6.07) is 0. The van der Waals surface area contributed by atoms with Crippen molar-refractivity contribution in [1.82, 2.24) is 0 Å². The Bertz CT molecular complexity index is 233. The molecule has 0 aliphatic rings. The van der Waals surface area contributed by atoms with Crippen molar-refractivity contribution in [3.05, 3.63) is 0 Å². The molecule has 0 bridgehead atoms. The monoisotopic (exact) mass is 476 g/mol. The van der Waals surface area contributed by atoms with Gasteiger partial charge in [0.1, 0.15) is 0 Å². The second kappa shape index (κ2) is 883. The molecule has 0 saturated heterocycles. The van der Waals surface area contributed by atoms with Gasteiger partial charge in [0, 0.05) is 113 Å². The molecule has 0 radical (unpaired) electrons. The summed E-state index contributed by atoms with van der Waals surface area (Å²) in [5, 5.41) is 78.0. The number of hydrogen-bond acceptors (Lipinski definition) is 12. The van der Waals surface area contributed by atoms with Gasteiger partial charge in [-0.1, -0.05) is 0 Å². The summed E-state index contributed by atoms with van der Waals surface area (Å²) in [4.78, 5) is 0. The maximum atomic E-state index is 6.50. The molecule has 0 aromatic heterocycles. The molecule has 15 heteroatoms. The third-order valence-corrected chi connectivity index (χ3v) is 0. The Hall–Kier alpha value is -3.44. The van der Waals surface area contributed by atoms with E-state index in [4.69, 9.17) is 63.1 Å². The zero-order valence-electron chi connectivity index (χ0n) is 15.0. The van der Waals surface area contributed by atoms with Crippen LogP contribution < -0.4 is 51.4 Å². The van der Waals surface area contributed by atoms with Crippen molar-refractivity contribution in [2.24, 2.45) is 0 Å². The van der Waals surface area contributed by atoms with E-state index < -0.39 is 0 Å². The van der Waals surface area contributed by atoms with Gasteiger partial charge in [-0.05, 0) is 0 Å². The van der Waals surface area contributed by atoms with Gasteiger partial charge >= 0.3 is 51.4 Å². The van der Waals surface area contributed by atoms with E-state index in [2.05, 4.69) is 78.9 Å². The van der Waals surface area contributed by atoms with Gasteiger partial charge in [-0.15, -0.1) is 0 Å². The maximum absolute atomic E-state index is 6.50. The molecule has 0 rings (SSSR count). The standard InChI is InChI=1S/12CHN.2Fe.K.H/c12*1-2;;;;/h12*1H;;;;/q;;;;;;;;;;;;;;+1;-1. The number of nitriles is 12. The second-order valence-corrected chi connectivity index (χ2v) is 0. The summed E-state index contributed by atoms with van der Waals surface area (Å²) in [6.07, 6.45) is 0. The van der Waals surface area contributed by atoms with E-state index in [0.29, 0.717) is 0 Å². The van der Waals surface area contributed by atoms with E-state index in [0.717, 1.165) is 0 Å². The van der Waals surface area contributed by atoms with Gasteiger partial charge < -0.3 is 1.43 Å². The second-order valence-electron chi connectivity index (χ2n) is 0. The molecule has 0 spiro atoms. The third-order valence-electron chi connectivity index (χ3n) is 0. The van der Waals surface area contributed by atoms with E-state index in [1.165, 1.54) is 0 Å². The molecule has 0 heterocycles. The van der Waals surface area contributed by atoms with Crippen LogP contribution in [0.4, 0.5) is 0 Å². The number of nitrogens with zero attached hydrogens (tertiary/aromatic N) is 12. The minimum atomic E-state index is 0. The fraction of sp³-hybridized carbons (Fsp3) is 0. The predicted octanol–water partition coefficient (Wildman–Crippen LogP) is -1.21. The Morgan fingerprint density at radius 3 is 0.222 bits per heavy atom. The SMILES string of the molecule is C#N.C#N.C#N.C#N.C#N.C#N.C#N.C#N.C#N.C#N.C#N.C#N.[Fe].[Fe].[H-].[K+]. The molecule has 138 valence electrons. The van der Waals surface area contributed by atoms with Crippen molar-refractivity contribution >= 4 is 0 Å². The number of hydrogen-bond donors (Lipinski definition) is 0. The summed E-state index contributed by atoms with van der Waals surface area (Å²) in [7, 11) is 0. The molecule has 0 fully saturated rings. The van der Waals surface area contributed by atoms with Crippen LogP contribution in [-0.4, -0.2) is 0 Å². The molecule has 27 heavy (non-hydrogen) atoms. The molecule has 0 N–H and O–H groups in total. The van der Waals surface area contributed by atoms with Crippen molar-refractivity contribution in [3.8, 4) is 78.9 Å². The normalized spacial score (nSPS) is 0.889. The summed E-state index contributed by atoms with van der Waals surface area (Å²) in [5.74, 6) is 0. The van der Waals surface area contributed by atoms with Crippen molar-refractivity contribution in [3.63, 3.8) is 0 Å². The average Bonchev–Trinajstić information content (AvgIpc) is 2.84. The molecule has 0 aromatic rings. The van der Waals surface area contributed by atoms with Crippen LogP contribution in [0.15, 0.2) is 0 Å². The summed E-state index contributed by atoms with van der Waals surface area (Å²) in [5.41, 5.74) is 0. The summed E-state index contributed by atoms with van der Waals surface area (Å²) < 4.78 is 0. The molecule has 12 nitrogen and oxygen atoms in total. The van der Waals surface area contributed by atoms with Gasteiger partial charge in [0.15, 0.2) is 0 Å². The first-order valence-corrected chi connectivity index (χ1v) is 3.10. The van der Waals surface area contributed by atoms with Crippen LogP contribution in [0.2, 0.25) is 0 Å². The van der Waals surface area contributed by atoms with E-state index in [1.54, 1.807) is 0 Å². The Kier molecular flexibility index (Phi) is 5360. The molecule has 0 unspecified atom stereocenters. The Balaban J connectivity index is -0.00000000396. The zero-order valence-corrected chi connectivity index (χ0v) is 19.3. The first kappa shape index (κ1) is 164. The van der Waals surface area contributed by atoms with Crippen LogP contribution >= 0.6 is 0 Å². The van der Waals surface area contributed by atoms with Gasteiger partial charge in [0.2, 0.25) is 0 Å². The van der Waals surface area contributed by atoms with E-state index in [-0.39, 0.29) is 86.9 Å². The van der Waals surface area contributed by atoms with Gasteiger partial charge in [-0.3, -0.25) is 0 Å². The van der Waals surface area contributed by atoms with Crippen LogP contribution in [-0.2, 0) is 34.1 Å². The predicted molar refractivity (Wildman–Crippen MR) is 81.2 cm³/mol. The van der Waals surface area contributed by atoms with Crippen LogP contribution in [0, 0.1) is 142 Å². The summed E-state index contributed by atoms with van der Waals surface area (Å²) in [6.45, 7) is 42.0. The van der Waals surface area contributed by atoms with Gasteiger partial charge in [-0.2, -0.15) is 0 Å². The Morgan fingerprint density at radius 2 is 0.222 bits per heavy atom. The fourth-order valence-corrected chi connectivity index (χ4v) is 0. The van der Waals surface area contributed by atoms with Gasteiger partial charge in [0.25, 0.3) is 0 Å². The quantitative estimate of drug-likeness (QED) is 0.372. The zero-order chi connectivity index (χ0) is 24.0. The summed E-state index contributed by atoms with van der Waals surface area (Å²) >= 11 is 0. The molecule has 0 aromatic carbocycles. The minimum absolute atomic E-state index is 0. The average molecular weight is 476 g/mol. The topological polar surface area (TPSA) is 285 Å². The largest absolute Gasteiger partial charge is 1.00 e. The smallest absolute Gasteiger partial charge is 1.00 e. The molecule has 0 aliphatic carbocycles. The number of rotatable bonds is 0.